The lowest BCUT2D eigenvalue weighted by Crippen LogP contribution is -2.36. The van der Waals surface area contributed by atoms with Crippen LogP contribution < -0.4 is 14.4 Å². The van der Waals surface area contributed by atoms with Crippen molar-refractivity contribution >= 4 is 34.6 Å². The van der Waals surface area contributed by atoms with Crippen LogP contribution in [0.2, 0.25) is 0 Å². The van der Waals surface area contributed by atoms with E-state index in [-0.39, 0.29) is 17.2 Å². The topological polar surface area (TPSA) is 71.4 Å². The Morgan fingerprint density at radius 3 is 2.18 bits per heavy atom. The van der Waals surface area contributed by atoms with Gasteiger partial charge in [-0.05, 0) is 48.5 Å². The molecular weight excluding hydrogens is 440 g/mol. The van der Waals surface area contributed by atoms with Crippen molar-refractivity contribution < 1.29 is 19.4 Å². The van der Waals surface area contributed by atoms with Gasteiger partial charge in [0.2, 0.25) is 5.78 Å². The van der Waals surface area contributed by atoms with Gasteiger partial charge in [-0.3, -0.25) is 9.69 Å². The Labute approximate surface area is 196 Å². The SMILES string of the molecule is COc1ccc(N=C2CC3(O)C(=C(Cl)C(=O)c4ccccc43)N2c2ccc(OC)cc2)cc1. The summed E-state index contributed by atoms with van der Waals surface area (Å²) in [6.45, 7) is 0. The van der Waals surface area contributed by atoms with Gasteiger partial charge in [-0.15, -0.1) is 0 Å². The number of halogens is 1. The first-order valence-electron chi connectivity index (χ1n) is 10.4. The van der Waals surface area contributed by atoms with Crippen LogP contribution in [0.3, 0.4) is 0 Å². The number of amidine groups is 1. The van der Waals surface area contributed by atoms with Crippen molar-refractivity contribution in [2.75, 3.05) is 19.1 Å². The number of ketones is 1. The number of anilines is 1. The number of carbonyl (C=O) groups excluding carboxylic acids is 1. The normalized spacial score (nSPS) is 20.7. The predicted octanol–water partition coefficient (Wildman–Crippen LogP) is 5.18. The average molecular weight is 461 g/mol. The van der Waals surface area contributed by atoms with Crippen molar-refractivity contribution in [2.24, 2.45) is 4.99 Å². The third-order valence-corrected chi connectivity index (χ3v) is 6.32. The first-order chi connectivity index (χ1) is 16.0. The maximum Gasteiger partial charge on any atom is 0.206 e. The number of hydrogen-bond acceptors (Lipinski definition) is 5. The minimum atomic E-state index is -1.49. The molecule has 1 saturated heterocycles. The van der Waals surface area contributed by atoms with Gasteiger partial charge in [-0.2, -0.15) is 0 Å². The molecule has 1 aliphatic heterocycles. The molecule has 0 aromatic heterocycles. The number of fused-ring (bicyclic) bond motifs is 3. The van der Waals surface area contributed by atoms with Crippen molar-refractivity contribution in [2.45, 2.75) is 12.0 Å². The summed E-state index contributed by atoms with van der Waals surface area (Å²) < 4.78 is 10.5. The Bertz CT molecular complexity index is 1300. The molecule has 1 N–H and O–H groups in total. The van der Waals surface area contributed by atoms with E-state index in [9.17, 15) is 9.90 Å². The summed E-state index contributed by atoms with van der Waals surface area (Å²) in [4.78, 5) is 19.7. The van der Waals surface area contributed by atoms with Gasteiger partial charge < -0.3 is 14.6 Å². The minimum absolute atomic E-state index is 0.0213. The zero-order valence-electron chi connectivity index (χ0n) is 18.1. The highest BCUT2D eigenvalue weighted by molar-refractivity contribution is 6.47. The van der Waals surface area contributed by atoms with Gasteiger partial charge in [0.15, 0.2) is 0 Å². The van der Waals surface area contributed by atoms with Crippen LogP contribution in [0.4, 0.5) is 11.4 Å². The lowest BCUT2D eigenvalue weighted by atomic mass is 9.80. The highest BCUT2D eigenvalue weighted by Crippen LogP contribution is 2.51. The Morgan fingerprint density at radius 2 is 1.55 bits per heavy atom. The molecule has 1 heterocycles. The molecule has 166 valence electrons. The van der Waals surface area contributed by atoms with Gasteiger partial charge >= 0.3 is 0 Å². The fraction of sp³-hybridized carbons (Fsp3) is 0.154. The maximum atomic E-state index is 13.1. The standard InChI is InChI=1S/C26H21ClN2O4/c1-32-18-11-7-16(8-12-18)28-22-15-26(31)21-6-4-3-5-20(21)24(30)23(27)25(26)29(22)17-9-13-19(33-2)14-10-17/h3-14,31H,15H2,1-2H3. The van der Waals surface area contributed by atoms with E-state index in [4.69, 9.17) is 26.1 Å². The molecular formula is C26H21ClN2O4. The minimum Gasteiger partial charge on any atom is -0.497 e. The number of aliphatic imine (C=N–C) groups is 1. The number of hydrogen-bond donors (Lipinski definition) is 1. The fourth-order valence-electron chi connectivity index (χ4n) is 4.38. The average Bonchev–Trinajstić information content (AvgIpc) is 3.16. The zero-order chi connectivity index (χ0) is 23.2. The summed E-state index contributed by atoms with van der Waals surface area (Å²) in [5.41, 5.74) is 1.13. The number of benzene rings is 3. The van der Waals surface area contributed by atoms with Crippen LogP contribution in [0.1, 0.15) is 22.3 Å². The molecule has 1 unspecified atom stereocenters. The number of nitrogens with zero attached hydrogens (tertiary/aromatic N) is 2. The van der Waals surface area contributed by atoms with Gasteiger partial charge in [-0.25, -0.2) is 4.99 Å². The smallest absolute Gasteiger partial charge is 0.206 e. The van der Waals surface area contributed by atoms with Crippen molar-refractivity contribution in [3.63, 3.8) is 0 Å². The van der Waals surface area contributed by atoms with Gasteiger partial charge in [0.25, 0.3) is 0 Å². The lowest BCUT2D eigenvalue weighted by molar-refractivity contribution is 0.0812. The number of carbonyl (C=O) groups is 1. The first kappa shape index (κ1) is 21.2. The number of rotatable bonds is 4. The molecule has 3 aromatic carbocycles. The quantitative estimate of drug-likeness (QED) is 0.581. The summed E-state index contributed by atoms with van der Waals surface area (Å²) in [6, 6.07) is 21.6. The highest BCUT2D eigenvalue weighted by atomic mass is 35.5. The van der Waals surface area contributed by atoms with Crippen LogP contribution in [-0.4, -0.2) is 30.9 Å². The van der Waals surface area contributed by atoms with Crippen LogP contribution in [0.15, 0.2) is 88.5 Å². The van der Waals surface area contributed by atoms with Crippen LogP contribution >= 0.6 is 11.6 Å². The fourth-order valence-corrected chi connectivity index (χ4v) is 4.72. The van der Waals surface area contributed by atoms with Crippen molar-refractivity contribution in [1.29, 1.82) is 0 Å². The summed E-state index contributed by atoms with van der Waals surface area (Å²) in [7, 11) is 3.20. The molecule has 1 atom stereocenters. The molecule has 0 spiro atoms. The maximum absolute atomic E-state index is 13.1. The van der Waals surface area contributed by atoms with Gasteiger partial charge in [0.05, 0.1) is 25.6 Å². The van der Waals surface area contributed by atoms with Crippen LogP contribution in [-0.2, 0) is 5.60 Å². The van der Waals surface area contributed by atoms with Gasteiger partial charge in [0, 0.05) is 23.2 Å². The van der Waals surface area contributed by atoms with E-state index in [2.05, 4.69) is 0 Å². The molecule has 0 saturated carbocycles. The van der Waals surface area contributed by atoms with Crippen molar-refractivity contribution in [1.82, 2.24) is 0 Å². The third kappa shape index (κ3) is 3.39. The molecule has 1 fully saturated rings. The van der Waals surface area contributed by atoms with Crippen LogP contribution in [0.25, 0.3) is 0 Å². The lowest BCUT2D eigenvalue weighted by Gasteiger charge is -2.33. The third-order valence-electron chi connectivity index (χ3n) is 5.97. The van der Waals surface area contributed by atoms with E-state index in [0.717, 1.165) is 5.75 Å². The van der Waals surface area contributed by atoms with Crippen LogP contribution in [0.5, 0.6) is 11.5 Å². The summed E-state index contributed by atoms with van der Waals surface area (Å²) >= 11 is 6.63. The second-order valence-corrected chi connectivity index (χ2v) is 8.21. The zero-order valence-corrected chi connectivity index (χ0v) is 18.8. The largest absolute Gasteiger partial charge is 0.497 e. The molecule has 0 amide bonds. The van der Waals surface area contributed by atoms with E-state index in [1.54, 1.807) is 43.4 Å². The number of aliphatic hydroxyl groups is 1. The molecule has 1 aliphatic carbocycles. The number of ether oxygens (including phenoxy) is 2. The monoisotopic (exact) mass is 460 g/mol. The predicted molar refractivity (Wildman–Crippen MR) is 128 cm³/mol. The Morgan fingerprint density at radius 1 is 0.939 bits per heavy atom. The van der Waals surface area contributed by atoms with E-state index < -0.39 is 5.60 Å². The Balaban J connectivity index is 1.71. The molecule has 2 aliphatic rings. The molecule has 33 heavy (non-hydrogen) atoms. The Kier molecular flexibility index (Phi) is 5.19. The molecule has 7 heteroatoms. The van der Waals surface area contributed by atoms with Gasteiger partial charge in [-0.1, -0.05) is 35.9 Å². The summed E-state index contributed by atoms with van der Waals surface area (Å²) in [5, 5.41) is 11.9. The Hall–Kier alpha value is -3.61. The number of Topliss-reactive ketones (excluding diaryl/α,β-unsaturated/α-hetero) is 1. The van der Waals surface area contributed by atoms with Crippen molar-refractivity contribution in [3.05, 3.63) is 94.7 Å². The number of methoxy groups -OCH3 is 2. The van der Waals surface area contributed by atoms with E-state index in [1.165, 1.54) is 0 Å². The molecule has 0 bridgehead atoms. The summed E-state index contributed by atoms with van der Waals surface area (Å²) in [6.07, 6.45) is 0.154. The number of allylic oxidation sites excluding steroid dienone is 1. The first-order valence-corrected chi connectivity index (χ1v) is 10.8. The van der Waals surface area contributed by atoms with Gasteiger partial charge in [0.1, 0.15) is 28.0 Å². The second-order valence-electron chi connectivity index (χ2n) is 7.83. The van der Waals surface area contributed by atoms with Crippen molar-refractivity contribution in [3.8, 4) is 11.5 Å². The van der Waals surface area contributed by atoms with Crippen LogP contribution in [0, 0.1) is 0 Å². The molecule has 0 radical (unpaired) electrons. The summed E-state index contributed by atoms with van der Waals surface area (Å²) in [5.74, 6) is 1.64. The molecule has 3 aromatic rings. The van der Waals surface area contributed by atoms with E-state index in [0.29, 0.717) is 39.8 Å². The molecule has 5 rings (SSSR count). The second kappa shape index (κ2) is 8.06. The molecule has 6 nitrogen and oxygen atoms in total. The highest BCUT2D eigenvalue weighted by Gasteiger charge is 2.53. The van der Waals surface area contributed by atoms with E-state index >= 15 is 0 Å². The van der Waals surface area contributed by atoms with E-state index in [1.807, 2.05) is 48.5 Å².